The van der Waals surface area contributed by atoms with E-state index in [1.54, 1.807) is 13.8 Å². The quantitative estimate of drug-likeness (QED) is 0.514. The first kappa shape index (κ1) is 8.49. The van der Waals surface area contributed by atoms with Crippen LogP contribution in [-0.4, -0.2) is 25.1 Å². The lowest BCUT2D eigenvalue weighted by atomic mass is 10.0. The second kappa shape index (κ2) is 3.51. The van der Waals surface area contributed by atoms with Crippen LogP contribution in [0.25, 0.3) is 0 Å². The summed E-state index contributed by atoms with van der Waals surface area (Å²) in [5.74, 6) is -0.889. The summed E-state index contributed by atoms with van der Waals surface area (Å²) in [5, 5.41) is 10.6. The van der Waals surface area contributed by atoms with Crippen LogP contribution in [0.4, 0.5) is 0 Å². The summed E-state index contributed by atoms with van der Waals surface area (Å²) in [4.78, 5) is 10.2. The fourth-order valence-electron chi connectivity index (χ4n) is 0.549. The summed E-state index contributed by atoms with van der Waals surface area (Å²) < 4.78 is 0. The summed E-state index contributed by atoms with van der Waals surface area (Å²) in [6.07, 6.45) is 0. The van der Waals surface area contributed by atoms with Crippen molar-refractivity contribution >= 4 is 14.0 Å². The van der Waals surface area contributed by atoms with Gasteiger partial charge in [-0.1, -0.05) is 13.8 Å². The summed E-state index contributed by atoms with van der Waals surface area (Å²) in [5.41, 5.74) is 0. The van der Waals surface area contributed by atoms with Crippen LogP contribution in [0.5, 0.6) is 0 Å². The topological polar surface area (TPSA) is 49.3 Å². The molecule has 4 heteroatoms. The molecule has 0 aliphatic rings. The first-order chi connectivity index (χ1) is 4.09. The van der Waals surface area contributed by atoms with Crippen LogP contribution in [0.15, 0.2) is 0 Å². The molecule has 9 heavy (non-hydrogen) atoms. The van der Waals surface area contributed by atoms with Gasteiger partial charge in [0.05, 0.1) is 6.04 Å². The Labute approximate surface area is 55.9 Å². The highest BCUT2D eigenvalue weighted by Crippen LogP contribution is 1.99. The Bertz CT molecular complexity index is 105. The molecule has 0 bridgehead atoms. The third kappa shape index (κ3) is 2.51. The molecular weight excluding hydrogens is 117 g/mol. The fraction of sp³-hybridized carbons (Fsp3) is 0.800. The number of rotatable bonds is 3. The van der Waals surface area contributed by atoms with Gasteiger partial charge in [-0.2, -0.15) is 0 Å². The Morgan fingerprint density at radius 3 is 2.11 bits per heavy atom. The van der Waals surface area contributed by atoms with E-state index in [2.05, 4.69) is 5.23 Å². The van der Waals surface area contributed by atoms with Crippen LogP contribution in [0, 0.1) is 5.92 Å². The molecule has 0 aliphatic carbocycles. The maximum atomic E-state index is 10.2. The maximum absolute atomic E-state index is 10.2. The Hall–Kier alpha value is -0.505. The number of aliphatic carboxylic acids is 1. The minimum absolute atomic E-state index is 0.0208. The number of carboxylic acid groups (broad SMARTS) is 1. The standard InChI is InChI=1S/C5H10BNO2/c1-3(2)4(7-6)5(8)9/h3-4,7H,1-2H3,(H,8,9)/t4-/m0/s1. The molecule has 0 aromatic heterocycles. The highest BCUT2D eigenvalue weighted by molar-refractivity contribution is 6.06. The molecular formula is C5H10BNO2. The van der Waals surface area contributed by atoms with Crippen molar-refractivity contribution in [3.05, 3.63) is 0 Å². The van der Waals surface area contributed by atoms with Gasteiger partial charge in [-0.15, -0.1) is 0 Å². The summed E-state index contributed by atoms with van der Waals surface area (Å²) >= 11 is 0. The Morgan fingerprint density at radius 2 is 2.11 bits per heavy atom. The SMILES string of the molecule is [B]N[C@H](C(=O)O)C(C)C. The molecule has 0 rings (SSSR count). The van der Waals surface area contributed by atoms with Crippen LogP contribution in [0.1, 0.15) is 13.8 Å². The Balaban J connectivity index is 3.83. The lowest BCUT2D eigenvalue weighted by Gasteiger charge is -2.14. The van der Waals surface area contributed by atoms with E-state index in [-0.39, 0.29) is 5.92 Å². The van der Waals surface area contributed by atoms with E-state index in [0.29, 0.717) is 0 Å². The van der Waals surface area contributed by atoms with Crippen LogP contribution in [-0.2, 0) is 4.79 Å². The average Bonchev–Trinajstić information content (AvgIpc) is 1.64. The Kier molecular flexibility index (Phi) is 3.31. The van der Waals surface area contributed by atoms with Gasteiger partial charge < -0.3 is 10.3 Å². The summed E-state index contributed by atoms with van der Waals surface area (Å²) in [7, 11) is 4.94. The molecule has 50 valence electrons. The van der Waals surface area contributed by atoms with Gasteiger partial charge in [-0.05, 0) is 5.92 Å². The molecule has 2 radical (unpaired) electrons. The van der Waals surface area contributed by atoms with Gasteiger partial charge in [0.2, 0.25) is 0 Å². The third-order valence-electron chi connectivity index (χ3n) is 1.11. The van der Waals surface area contributed by atoms with E-state index >= 15 is 0 Å². The van der Waals surface area contributed by atoms with Gasteiger partial charge in [0.25, 0.3) is 0 Å². The number of nitrogens with one attached hydrogen (secondary N) is 1. The molecule has 0 spiro atoms. The molecule has 0 aromatic rings. The third-order valence-corrected chi connectivity index (χ3v) is 1.11. The Morgan fingerprint density at radius 1 is 1.67 bits per heavy atom. The first-order valence-electron chi connectivity index (χ1n) is 2.78. The lowest BCUT2D eigenvalue weighted by molar-refractivity contribution is -0.140. The molecule has 1 atom stereocenters. The predicted octanol–water partition coefficient (Wildman–Crippen LogP) is -0.231. The predicted molar refractivity (Wildman–Crippen MR) is 35.2 cm³/mol. The van der Waals surface area contributed by atoms with Crippen LogP contribution in [0.2, 0.25) is 0 Å². The molecule has 0 fully saturated rings. The normalized spacial score (nSPS) is 13.7. The zero-order valence-corrected chi connectivity index (χ0v) is 5.59. The average molecular weight is 127 g/mol. The lowest BCUT2D eigenvalue weighted by Crippen LogP contribution is -2.39. The second-order valence-electron chi connectivity index (χ2n) is 2.23. The van der Waals surface area contributed by atoms with Gasteiger partial charge in [-0.25, -0.2) is 0 Å². The van der Waals surface area contributed by atoms with Crippen molar-refractivity contribution in [3.63, 3.8) is 0 Å². The molecule has 0 saturated carbocycles. The largest absolute Gasteiger partial charge is 0.480 e. The molecule has 2 N–H and O–H groups in total. The van der Waals surface area contributed by atoms with E-state index in [1.165, 1.54) is 0 Å². The number of carboxylic acids is 1. The number of hydrogen-bond acceptors (Lipinski definition) is 2. The van der Waals surface area contributed by atoms with Crippen molar-refractivity contribution < 1.29 is 9.90 Å². The minimum atomic E-state index is -0.910. The number of hydrogen-bond donors (Lipinski definition) is 2. The molecule has 0 unspecified atom stereocenters. The molecule has 0 amide bonds. The maximum Gasteiger partial charge on any atom is 0.319 e. The summed E-state index contributed by atoms with van der Waals surface area (Å²) in [6, 6.07) is -0.634. The van der Waals surface area contributed by atoms with Crippen molar-refractivity contribution in [1.29, 1.82) is 0 Å². The van der Waals surface area contributed by atoms with Crippen LogP contribution < -0.4 is 5.23 Å². The van der Waals surface area contributed by atoms with Crippen molar-refractivity contribution in [1.82, 2.24) is 5.23 Å². The van der Waals surface area contributed by atoms with Gasteiger partial charge in [0, 0.05) is 0 Å². The van der Waals surface area contributed by atoms with E-state index in [1.807, 2.05) is 0 Å². The van der Waals surface area contributed by atoms with Gasteiger partial charge in [0.15, 0.2) is 7.98 Å². The van der Waals surface area contributed by atoms with Crippen molar-refractivity contribution in [2.75, 3.05) is 0 Å². The zero-order valence-electron chi connectivity index (χ0n) is 5.59. The van der Waals surface area contributed by atoms with Gasteiger partial charge >= 0.3 is 5.97 Å². The van der Waals surface area contributed by atoms with E-state index in [4.69, 9.17) is 13.1 Å². The summed E-state index contributed by atoms with van der Waals surface area (Å²) in [6.45, 7) is 3.58. The monoisotopic (exact) mass is 127 g/mol. The first-order valence-corrected chi connectivity index (χ1v) is 2.78. The molecule has 0 saturated heterocycles. The van der Waals surface area contributed by atoms with E-state index < -0.39 is 12.0 Å². The molecule has 3 nitrogen and oxygen atoms in total. The number of carbonyl (C=O) groups is 1. The fourth-order valence-corrected chi connectivity index (χ4v) is 0.549. The molecule has 0 aliphatic heterocycles. The van der Waals surface area contributed by atoms with Gasteiger partial charge in [-0.3, -0.25) is 4.79 Å². The van der Waals surface area contributed by atoms with E-state index in [0.717, 1.165) is 0 Å². The molecule has 0 heterocycles. The van der Waals surface area contributed by atoms with Crippen LogP contribution >= 0.6 is 0 Å². The van der Waals surface area contributed by atoms with E-state index in [9.17, 15) is 4.79 Å². The highest BCUT2D eigenvalue weighted by Gasteiger charge is 2.17. The van der Waals surface area contributed by atoms with Crippen molar-refractivity contribution in [2.45, 2.75) is 19.9 Å². The highest BCUT2D eigenvalue weighted by atomic mass is 16.4. The van der Waals surface area contributed by atoms with Gasteiger partial charge in [0.1, 0.15) is 0 Å². The van der Waals surface area contributed by atoms with Crippen molar-refractivity contribution in [3.8, 4) is 0 Å². The minimum Gasteiger partial charge on any atom is -0.480 e. The van der Waals surface area contributed by atoms with Crippen molar-refractivity contribution in [2.24, 2.45) is 5.92 Å². The smallest absolute Gasteiger partial charge is 0.319 e. The molecule has 0 aromatic carbocycles. The zero-order chi connectivity index (χ0) is 7.44. The van der Waals surface area contributed by atoms with Crippen LogP contribution in [0.3, 0.4) is 0 Å². The second-order valence-corrected chi connectivity index (χ2v) is 2.23.